The number of benzene rings is 1. The van der Waals surface area contributed by atoms with Crippen molar-refractivity contribution in [3.05, 3.63) is 35.9 Å². The van der Waals surface area contributed by atoms with E-state index in [1.807, 2.05) is 19.9 Å². The molecular formula is C21H41NS. The lowest BCUT2D eigenvalue weighted by atomic mass is 9.93. The SMILES string of the molecule is CC.CCCC(C)C.CCCCC(CN)C(S)c1ccccc1. The minimum absolute atomic E-state index is 0.280. The number of hydrogen-bond donors (Lipinski definition) is 2. The Morgan fingerprint density at radius 3 is 1.87 bits per heavy atom. The van der Waals surface area contributed by atoms with Crippen LogP contribution in [0.2, 0.25) is 0 Å². The standard InChI is InChI=1S/C13H21NS.C6H14.C2H6/c1-2-3-7-12(10-14)13(15)11-8-5-4-6-9-11;1-4-5-6(2)3;1-2/h4-6,8-9,12-13,15H,2-3,7,10,14H2,1H3;6H,4-5H2,1-3H3;1-2H3. The van der Waals surface area contributed by atoms with Crippen LogP contribution in [0.1, 0.15) is 84.5 Å². The van der Waals surface area contributed by atoms with Gasteiger partial charge in [0.1, 0.15) is 0 Å². The van der Waals surface area contributed by atoms with Crippen molar-refractivity contribution in [2.75, 3.05) is 6.54 Å². The Morgan fingerprint density at radius 1 is 0.957 bits per heavy atom. The van der Waals surface area contributed by atoms with E-state index in [2.05, 4.69) is 64.6 Å². The maximum atomic E-state index is 5.80. The van der Waals surface area contributed by atoms with Crippen molar-refractivity contribution < 1.29 is 0 Å². The van der Waals surface area contributed by atoms with Gasteiger partial charge in [0.2, 0.25) is 0 Å². The molecule has 0 aromatic heterocycles. The van der Waals surface area contributed by atoms with Crippen molar-refractivity contribution in [3.8, 4) is 0 Å². The van der Waals surface area contributed by atoms with Gasteiger partial charge in [0, 0.05) is 5.25 Å². The molecule has 0 aliphatic carbocycles. The highest BCUT2D eigenvalue weighted by atomic mass is 32.1. The molecule has 0 bridgehead atoms. The average molecular weight is 340 g/mol. The highest BCUT2D eigenvalue weighted by molar-refractivity contribution is 7.80. The van der Waals surface area contributed by atoms with Gasteiger partial charge in [-0.3, -0.25) is 0 Å². The Morgan fingerprint density at radius 2 is 1.52 bits per heavy atom. The third-order valence-corrected chi connectivity index (χ3v) is 4.40. The number of nitrogens with two attached hydrogens (primary N) is 1. The van der Waals surface area contributed by atoms with E-state index in [9.17, 15) is 0 Å². The largest absolute Gasteiger partial charge is 0.330 e. The predicted octanol–water partition coefficient (Wildman–Crippen LogP) is 6.89. The van der Waals surface area contributed by atoms with Crippen LogP contribution in [-0.4, -0.2) is 6.54 Å². The van der Waals surface area contributed by atoms with E-state index in [-0.39, 0.29) is 5.25 Å². The Balaban J connectivity index is 0. The van der Waals surface area contributed by atoms with E-state index in [1.54, 1.807) is 0 Å². The number of unbranched alkanes of at least 4 members (excludes halogenated alkanes) is 1. The molecule has 0 saturated carbocycles. The second-order valence-corrected chi connectivity index (χ2v) is 6.73. The molecule has 2 N–H and O–H groups in total. The maximum absolute atomic E-state index is 5.80. The van der Waals surface area contributed by atoms with Crippen molar-refractivity contribution >= 4 is 12.6 Å². The van der Waals surface area contributed by atoms with Crippen LogP contribution in [0.15, 0.2) is 30.3 Å². The molecule has 2 heteroatoms. The summed E-state index contributed by atoms with van der Waals surface area (Å²) in [5, 5.41) is 0.280. The molecule has 1 rings (SSSR count). The first-order valence-electron chi connectivity index (χ1n) is 9.49. The lowest BCUT2D eigenvalue weighted by molar-refractivity contribution is 0.466. The van der Waals surface area contributed by atoms with Gasteiger partial charge in [0.05, 0.1) is 0 Å². The van der Waals surface area contributed by atoms with Crippen LogP contribution >= 0.6 is 12.6 Å². The van der Waals surface area contributed by atoms with Crippen molar-refractivity contribution in [3.63, 3.8) is 0 Å². The van der Waals surface area contributed by atoms with Crippen LogP contribution in [0.4, 0.5) is 0 Å². The fourth-order valence-electron chi connectivity index (χ4n) is 2.37. The van der Waals surface area contributed by atoms with E-state index in [1.165, 1.54) is 37.7 Å². The summed E-state index contributed by atoms with van der Waals surface area (Å²) < 4.78 is 0. The first-order chi connectivity index (χ1) is 11.1. The summed E-state index contributed by atoms with van der Waals surface area (Å²) in [6.45, 7) is 13.7. The minimum atomic E-state index is 0.280. The van der Waals surface area contributed by atoms with Gasteiger partial charge in [0.15, 0.2) is 0 Å². The zero-order valence-corrected chi connectivity index (χ0v) is 17.3. The predicted molar refractivity (Wildman–Crippen MR) is 111 cm³/mol. The quantitative estimate of drug-likeness (QED) is 0.495. The summed E-state index contributed by atoms with van der Waals surface area (Å²) in [6.07, 6.45) is 6.35. The van der Waals surface area contributed by atoms with Crippen LogP contribution in [0.25, 0.3) is 0 Å². The molecule has 0 radical (unpaired) electrons. The van der Waals surface area contributed by atoms with Crippen molar-refractivity contribution in [2.24, 2.45) is 17.6 Å². The lowest BCUT2D eigenvalue weighted by Gasteiger charge is -2.21. The molecule has 0 fully saturated rings. The molecule has 2 unspecified atom stereocenters. The zero-order valence-electron chi connectivity index (χ0n) is 16.4. The molecule has 0 aliphatic rings. The summed E-state index contributed by atoms with van der Waals surface area (Å²) in [7, 11) is 0. The summed E-state index contributed by atoms with van der Waals surface area (Å²) in [4.78, 5) is 0. The molecule has 0 saturated heterocycles. The second-order valence-electron chi connectivity index (χ2n) is 6.18. The molecule has 1 nitrogen and oxygen atoms in total. The van der Waals surface area contributed by atoms with Crippen LogP contribution in [0, 0.1) is 11.8 Å². The fraction of sp³-hybridized carbons (Fsp3) is 0.714. The highest BCUT2D eigenvalue weighted by Gasteiger charge is 2.17. The normalized spacial score (nSPS) is 12.6. The first-order valence-corrected chi connectivity index (χ1v) is 10.0. The number of thiol groups is 1. The van der Waals surface area contributed by atoms with Crippen LogP contribution in [0.5, 0.6) is 0 Å². The van der Waals surface area contributed by atoms with E-state index in [0.717, 1.165) is 12.5 Å². The number of hydrogen-bond acceptors (Lipinski definition) is 2. The summed E-state index contributed by atoms with van der Waals surface area (Å²) >= 11 is 4.69. The molecule has 136 valence electrons. The van der Waals surface area contributed by atoms with Gasteiger partial charge >= 0.3 is 0 Å². The summed E-state index contributed by atoms with van der Waals surface area (Å²) in [6, 6.07) is 10.4. The minimum Gasteiger partial charge on any atom is -0.330 e. The molecule has 1 aromatic rings. The van der Waals surface area contributed by atoms with Gasteiger partial charge in [0.25, 0.3) is 0 Å². The van der Waals surface area contributed by atoms with Crippen LogP contribution < -0.4 is 5.73 Å². The number of rotatable bonds is 8. The molecule has 0 amide bonds. The Labute approximate surface area is 151 Å². The highest BCUT2D eigenvalue weighted by Crippen LogP contribution is 2.31. The van der Waals surface area contributed by atoms with Crippen molar-refractivity contribution in [1.82, 2.24) is 0 Å². The molecule has 0 spiro atoms. The topological polar surface area (TPSA) is 26.0 Å². The monoisotopic (exact) mass is 339 g/mol. The van der Waals surface area contributed by atoms with Gasteiger partial charge in [-0.1, -0.05) is 97.6 Å². The van der Waals surface area contributed by atoms with Crippen LogP contribution in [-0.2, 0) is 0 Å². The van der Waals surface area contributed by atoms with Gasteiger partial charge in [-0.25, -0.2) is 0 Å². The third kappa shape index (κ3) is 13.6. The second kappa shape index (κ2) is 17.9. The molecule has 23 heavy (non-hydrogen) atoms. The molecule has 1 aromatic carbocycles. The lowest BCUT2D eigenvalue weighted by Crippen LogP contribution is -2.19. The Bertz CT molecular complexity index is 324. The third-order valence-electron chi connectivity index (χ3n) is 3.68. The maximum Gasteiger partial charge on any atom is 0.0307 e. The zero-order chi connectivity index (χ0) is 18.1. The van der Waals surface area contributed by atoms with Gasteiger partial charge in [-0.15, -0.1) is 0 Å². The van der Waals surface area contributed by atoms with Crippen molar-refractivity contribution in [2.45, 2.75) is 78.9 Å². The fourth-order valence-corrected chi connectivity index (χ4v) is 2.81. The van der Waals surface area contributed by atoms with E-state index in [4.69, 9.17) is 5.73 Å². The van der Waals surface area contributed by atoms with E-state index >= 15 is 0 Å². The average Bonchev–Trinajstić information content (AvgIpc) is 2.58. The van der Waals surface area contributed by atoms with Gasteiger partial charge in [-0.05, 0) is 30.4 Å². The van der Waals surface area contributed by atoms with Gasteiger partial charge < -0.3 is 5.73 Å². The van der Waals surface area contributed by atoms with Crippen LogP contribution in [0.3, 0.4) is 0 Å². The van der Waals surface area contributed by atoms with E-state index < -0.39 is 0 Å². The smallest absolute Gasteiger partial charge is 0.0307 e. The first kappa shape index (κ1) is 24.8. The molecular weight excluding hydrogens is 298 g/mol. The Hall–Kier alpha value is -0.470. The molecule has 0 aliphatic heterocycles. The summed E-state index contributed by atoms with van der Waals surface area (Å²) in [5.74, 6) is 1.39. The Kier molecular flexibility index (Phi) is 19.3. The summed E-state index contributed by atoms with van der Waals surface area (Å²) in [5.41, 5.74) is 7.09. The van der Waals surface area contributed by atoms with Crippen molar-refractivity contribution in [1.29, 1.82) is 0 Å². The molecule has 0 heterocycles. The molecule has 2 atom stereocenters. The van der Waals surface area contributed by atoms with Gasteiger partial charge in [-0.2, -0.15) is 12.6 Å². The van der Waals surface area contributed by atoms with E-state index in [0.29, 0.717) is 5.92 Å².